The van der Waals surface area contributed by atoms with E-state index in [0.717, 1.165) is 24.4 Å². The zero-order valence-electron chi connectivity index (χ0n) is 12.1. The molecule has 0 saturated heterocycles. The third kappa shape index (κ3) is 3.27. The molecule has 3 nitrogen and oxygen atoms in total. The van der Waals surface area contributed by atoms with Crippen molar-refractivity contribution in [3.63, 3.8) is 0 Å². The van der Waals surface area contributed by atoms with Crippen molar-refractivity contribution in [3.8, 4) is 9.88 Å². The molecule has 0 bridgehead atoms. The van der Waals surface area contributed by atoms with Crippen LogP contribution in [0.4, 0.5) is 0 Å². The van der Waals surface area contributed by atoms with E-state index in [9.17, 15) is 0 Å². The van der Waals surface area contributed by atoms with Crippen molar-refractivity contribution in [1.82, 2.24) is 15.5 Å². The molecule has 1 aliphatic carbocycles. The lowest BCUT2D eigenvalue weighted by Gasteiger charge is -2.05. The highest BCUT2D eigenvalue weighted by atomic mass is 32.1. The summed E-state index contributed by atoms with van der Waals surface area (Å²) in [5.74, 6) is 0. The van der Waals surface area contributed by atoms with Crippen LogP contribution in [0.15, 0.2) is 6.07 Å². The number of hydrogen-bond donors (Lipinski definition) is 1. The van der Waals surface area contributed by atoms with Gasteiger partial charge in [0.2, 0.25) is 0 Å². The van der Waals surface area contributed by atoms with Gasteiger partial charge in [-0.1, -0.05) is 25.2 Å². The Balaban J connectivity index is 1.58. The summed E-state index contributed by atoms with van der Waals surface area (Å²) in [6, 6.07) is 2.89. The molecule has 3 rings (SSSR count). The Morgan fingerprint density at radius 2 is 2.15 bits per heavy atom. The van der Waals surface area contributed by atoms with Crippen molar-refractivity contribution < 1.29 is 0 Å². The Hall–Kier alpha value is -0.780. The first-order valence-corrected chi connectivity index (χ1v) is 9.03. The largest absolute Gasteiger partial charge is 0.315 e. The molecular formula is C15H21N3S2. The van der Waals surface area contributed by atoms with Crippen LogP contribution in [-0.2, 0) is 19.3 Å². The molecule has 0 fully saturated rings. The summed E-state index contributed by atoms with van der Waals surface area (Å²) < 4.78 is 0. The molecule has 108 valence electrons. The summed E-state index contributed by atoms with van der Waals surface area (Å²) in [4.78, 5) is 2.89. The first-order valence-electron chi connectivity index (χ1n) is 7.40. The molecule has 20 heavy (non-hydrogen) atoms. The van der Waals surface area contributed by atoms with Crippen LogP contribution in [0.1, 0.15) is 42.1 Å². The fraction of sp³-hybridized carbons (Fsp3) is 0.600. The number of aromatic nitrogens is 2. The third-order valence-corrected chi connectivity index (χ3v) is 5.93. The van der Waals surface area contributed by atoms with Gasteiger partial charge in [0.15, 0.2) is 5.01 Å². The van der Waals surface area contributed by atoms with Crippen LogP contribution in [-0.4, -0.2) is 22.8 Å². The molecule has 0 amide bonds. The maximum atomic E-state index is 4.37. The Bertz CT molecular complexity index is 550. The number of thiophene rings is 1. The van der Waals surface area contributed by atoms with E-state index in [4.69, 9.17) is 0 Å². The second kappa shape index (κ2) is 6.33. The molecule has 0 aliphatic heterocycles. The number of fused-ring (bicyclic) bond motifs is 1. The highest BCUT2D eigenvalue weighted by Gasteiger charge is 2.17. The van der Waals surface area contributed by atoms with E-state index in [-0.39, 0.29) is 0 Å². The van der Waals surface area contributed by atoms with Gasteiger partial charge in [0, 0.05) is 17.3 Å². The molecule has 2 aromatic rings. The first-order chi connectivity index (χ1) is 9.72. The van der Waals surface area contributed by atoms with Crippen molar-refractivity contribution in [2.75, 3.05) is 6.54 Å². The number of aryl methyl sites for hydroxylation is 3. The summed E-state index contributed by atoms with van der Waals surface area (Å²) >= 11 is 3.68. The van der Waals surface area contributed by atoms with Crippen molar-refractivity contribution >= 4 is 22.7 Å². The van der Waals surface area contributed by atoms with E-state index < -0.39 is 0 Å². The standard InChI is InChI=1S/C15H21N3S2/c1-10(2)16-8-4-7-14-17-18-15(20-14)13-9-11-5-3-6-12(11)19-13/h9-10,16H,3-8H2,1-2H3. The Labute approximate surface area is 128 Å². The quantitative estimate of drug-likeness (QED) is 0.827. The second-order valence-electron chi connectivity index (χ2n) is 5.63. The third-order valence-electron chi connectivity index (χ3n) is 3.54. The average molecular weight is 307 g/mol. The number of rotatable bonds is 6. The lowest BCUT2D eigenvalue weighted by Crippen LogP contribution is -2.23. The maximum absolute atomic E-state index is 4.37. The van der Waals surface area contributed by atoms with E-state index in [1.165, 1.54) is 29.1 Å². The fourth-order valence-corrected chi connectivity index (χ4v) is 4.69. The van der Waals surface area contributed by atoms with Crippen LogP contribution in [0.25, 0.3) is 9.88 Å². The normalized spacial score (nSPS) is 14.2. The molecule has 1 aliphatic rings. The molecule has 2 heterocycles. The van der Waals surface area contributed by atoms with Gasteiger partial charge in [0.25, 0.3) is 0 Å². The van der Waals surface area contributed by atoms with E-state index in [1.54, 1.807) is 21.8 Å². The SMILES string of the molecule is CC(C)NCCCc1nnc(-c2cc3c(s2)CCC3)s1. The highest BCUT2D eigenvalue weighted by Crippen LogP contribution is 2.37. The molecule has 0 spiro atoms. The van der Waals surface area contributed by atoms with Crippen LogP contribution in [0.3, 0.4) is 0 Å². The predicted molar refractivity (Wildman–Crippen MR) is 86.7 cm³/mol. The topological polar surface area (TPSA) is 37.8 Å². The predicted octanol–water partition coefficient (Wildman–Crippen LogP) is 3.69. The number of nitrogens with zero attached hydrogens (tertiary/aromatic N) is 2. The molecule has 0 atom stereocenters. The van der Waals surface area contributed by atoms with E-state index >= 15 is 0 Å². The number of hydrogen-bond acceptors (Lipinski definition) is 5. The molecule has 0 radical (unpaired) electrons. The minimum absolute atomic E-state index is 0.563. The fourth-order valence-electron chi connectivity index (χ4n) is 2.52. The zero-order chi connectivity index (χ0) is 13.9. The maximum Gasteiger partial charge on any atom is 0.157 e. The lowest BCUT2D eigenvalue weighted by atomic mass is 10.2. The van der Waals surface area contributed by atoms with Gasteiger partial charge in [-0.2, -0.15) is 0 Å². The summed E-state index contributed by atoms with van der Waals surface area (Å²) in [7, 11) is 0. The molecular weight excluding hydrogens is 286 g/mol. The van der Waals surface area contributed by atoms with Gasteiger partial charge >= 0.3 is 0 Å². The molecule has 5 heteroatoms. The van der Waals surface area contributed by atoms with Crippen LogP contribution < -0.4 is 5.32 Å². The Morgan fingerprint density at radius 3 is 2.95 bits per heavy atom. The Morgan fingerprint density at radius 1 is 1.25 bits per heavy atom. The summed E-state index contributed by atoms with van der Waals surface area (Å²) in [5.41, 5.74) is 1.54. The average Bonchev–Trinajstić information content (AvgIpc) is 3.08. The molecule has 2 aromatic heterocycles. The van der Waals surface area contributed by atoms with Gasteiger partial charge in [-0.05, 0) is 43.9 Å². The minimum atomic E-state index is 0.563. The molecule has 0 aromatic carbocycles. The molecule has 0 saturated carbocycles. The second-order valence-corrected chi connectivity index (χ2v) is 7.82. The van der Waals surface area contributed by atoms with Crippen LogP contribution in [0, 0.1) is 0 Å². The smallest absolute Gasteiger partial charge is 0.157 e. The summed E-state index contributed by atoms with van der Waals surface area (Å²) in [6.45, 7) is 5.41. The monoisotopic (exact) mass is 307 g/mol. The van der Waals surface area contributed by atoms with Crippen molar-refractivity contribution in [2.45, 2.75) is 52.0 Å². The lowest BCUT2D eigenvalue weighted by molar-refractivity contribution is 0.569. The van der Waals surface area contributed by atoms with Gasteiger partial charge in [-0.3, -0.25) is 0 Å². The minimum Gasteiger partial charge on any atom is -0.315 e. The van der Waals surface area contributed by atoms with E-state index in [2.05, 4.69) is 35.4 Å². The van der Waals surface area contributed by atoms with Gasteiger partial charge in [-0.25, -0.2) is 0 Å². The van der Waals surface area contributed by atoms with Crippen LogP contribution >= 0.6 is 22.7 Å². The Kier molecular flexibility index (Phi) is 4.48. The van der Waals surface area contributed by atoms with Crippen LogP contribution in [0.2, 0.25) is 0 Å². The number of nitrogens with one attached hydrogen (secondary N) is 1. The van der Waals surface area contributed by atoms with Crippen molar-refractivity contribution in [2.24, 2.45) is 0 Å². The van der Waals surface area contributed by atoms with Crippen molar-refractivity contribution in [3.05, 3.63) is 21.5 Å². The van der Waals surface area contributed by atoms with Crippen molar-refractivity contribution in [1.29, 1.82) is 0 Å². The summed E-state index contributed by atoms with van der Waals surface area (Å²) in [6.07, 6.45) is 5.99. The van der Waals surface area contributed by atoms with E-state index in [0.29, 0.717) is 6.04 Å². The summed E-state index contributed by atoms with van der Waals surface area (Å²) in [5, 5.41) is 14.4. The highest BCUT2D eigenvalue weighted by molar-refractivity contribution is 7.21. The first kappa shape index (κ1) is 14.2. The zero-order valence-corrected chi connectivity index (χ0v) is 13.7. The van der Waals surface area contributed by atoms with Crippen LogP contribution in [0.5, 0.6) is 0 Å². The van der Waals surface area contributed by atoms with Gasteiger partial charge in [0.1, 0.15) is 5.01 Å². The van der Waals surface area contributed by atoms with Gasteiger partial charge in [0.05, 0.1) is 4.88 Å². The van der Waals surface area contributed by atoms with E-state index in [1.807, 2.05) is 11.3 Å². The molecule has 0 unspecified atom stereocenters. The van der Waals surface area contributed by atoms with Gasteiger partial charge in [-0.15, -0.1) is 21.5 Å². The molecule has 1 N–H and O–H groups in total. The van der Waals surface area contributed by atoms with Gasteiger partial charge < -0.3 is 5.32 Å².